The van der Waals surface area contributed by atoms with E-state index < -0.39 is 23.5 Å². The molecule has 18 heavy (non-hydrogen) atoms. The fraction of sp³-hybridized carbons (Fsp3) is 0.333. The van der Waals surface area contributed by atoms with Crippen LogP contribution >= 0.6 is 0 Å². The summed E-state index contributed by atoms with van der Waals surface area (Å²) in [6, 6.07) is 6.02. The Morgan fingerprint density at radius 3 is 2.78 bits per heavy atom. The molecule has 0 aliphatic carbocycles. The molecule has 1 fully saturated rings. The van der Waals surface area contributed by atoms with Gasteiger partial charge in [-0.25, -0.2) is 14.0 Å². The molecule has 1 aromatic rings. The first-order valence-electron chi connectivity index (χ1n) is 5.37. The van der Waals surface area contributed by atoms with Crippen molar-refractivity contribution in [3.05, 3.63) is 35.6 Å². The lowest BCUT2D eigenvalue weighted by Gasteiger charge is -2.16. The molecule has 1 heterocycles. The van der Waals surface area contributed by atoms with Crippen molar-refractivity contribution in [1.82, 2.24) is 4.90 Å². The summed E-state index contributed by atoms with van der Waals surface area (Å²) in [5.74, 6) is -1.65. The lowest BCUT2D eigenvalue weighted by Crippen LogP contribution is -2.39. The van der Waals surface area contributed by atoms with E-state index in [1.807, 2.05) is 0 Å². The summed E-state index contributed by atoms with van der Waals surface area (Å²) in [6.45, 7) is 1.21. The molecule has 0 bridgehead atoms. The van der Waals surface area contributed by atoms with E-state index in [0.29, 0.717) is 5.56 Å². The number of halogens is 1. The van der Waals surface area contributed by atoms with E-state index in [9.17, 15) is 14.0 Å². The van der Waals surface area contributed by atoms with Crippen LogP contribution in [-0.4, -0.2) is 34.2 Å². The first-order chi connectivity index (χ1) is 8.42. The Labute approximate surface area is 103 Å². The number of rotatable bonds is 3. The molecule has 1 aliphatic heterocycles. The van der Waals surface area contributed by atoms with Crippen molar-refractivity contribution in [2.45, 2.75) is 19.1 Å². The average molecular weight is 253 g/mol. The number of aliphatic carboxylic acids is 1. The summed E-state index contributed by atoms with van der Waals surface area (Å²) >= 11 is 0. The quantitative estimate of drug-likeness (QED) is 0.888. The molecule has 5 nitrogen and oxygen atoms in total. The van der Waals surface area contributed by atoms with Gasteiger partial charge in [0.05, 0.1) is 13.1 Å². The second-order valence-electron chi connectivity index (χ2n) is 4.35. The van der Waals surface area contributed by atoms with Gasteiger partial charge < -0.3 is 9.84 Å². The topological polar surface area (TPSA) is 66.8 Å². The van der Waals surface area contributed by atoms with Crippen LogP contribution in [0, 0.1) is 5.82 Å². The molecule has 1 N–H and O–H groups in total. The van der Waals surface area contributed by atoms with Gasteiger partial charge in [-0.2, -0.15) is 0 Å². The molecule has 1 aromatic carbocycles. The first-order valence-corrected chi connectivity index (χ1v) is 5.37. The summed E-state index contributed by atoms with van der Waals surface area (Å²) < 4.78 is 18.2. The Morgan fingerprint density at radius 2 is 2.22 bits per heavy atom. The lowest BCUT2D eigenvalue weighted by molar-refractivity contribution is -0.153. The molecule has 0 radical (unpaired) electrons. The zero-order chi connectivity index (χ0) is 13.3. The third-order valence-electron chi connectivity index (χ3n) is 2.83. The molecular weight excluding hydrogens is 241 g/mol. The predicted octanol–water partition coefficient (Wildman–Crippen LogP) is 1.62. The van der Waals surface area contributed by atoms with Gasteiger partial charge in [-0.05, 0) is 13.0 Å². The molecule has 1 saturated heterocycles. The molecule has 1 aliphatic rings. The van der Waals surface area contributed by atoms with Crippen LogP contribution in [0.5, 0.6) is 0 Å². The van der Waals surface area contributed by atoms with Crippen molar-refractivity contribution in [3.63, 3.8) is 0 Å². The summed E-state index contributed by atoms with van der Waals surface area (Å²) in [7, 11) is 0. The van der Waals surface area contributed by atoms with Gasteiger partial charge in [0, 0.05) is 5.56 Å². The van der Waals surface area contributed by atoms with Gasteiger partial charge in [0.15, 0.2) is 0 Å². The third kappa shape index (κ3) is 2.13. The number of carbonyl (C=O) groups is 2. The minimum Gasteiger partial charge on any atom is -0.478 e. The van der Waals surface area contributed by atoms with Crippen LogP contribution in [0.1, 0.15) is 12.5 Å². The minimum absolute atomic E-state index is 0.00558. The van der Waals surface area contributed by atoms with Gasteiger partial charge in [-0.1, -0.05) is 18.2 Å². The SMILES string of the molecule is CC1(C(=O)O)CN(Cc2ccccc2F)C(=O)O1. The Bertz CT molecular complexity index is 505. The third-order valence-corrected chi connectivity index (χ3v) is 2.83. The zero-order valence-corrected chi connectivity index (χ0v) is 9.72. The highest BCUT2D eigenvalue weighted by atomic mass is 19.1. The van der Waals surface area contributed by atoms with Gasteiger partial charge in [0.2, 0.25) is 5.60 Å². The Morgan fingerprint density at radius 1 is 1.56 bits per heavy atom. The van der Waals surface area contributed by atoms with E-state index in [2.05, 4.69) is 0 Å². The number of carbonyl (C=O) groups excluding carboxylic acids is 1. The molecule has 6 heteroatoms. The molecule has 0 spiro atoms. The standard InChI is InChI=1S/C12H12FNO4/c1-12(10(15)16)7-14(11(17)18-12)6-8-4-2-3-5-9(8)13/h2-5H,6-7H2,1H3,(H,15,16). The second-order valence-corrected chi connectivity index (χ2v) is 4.35. The predicted molar refractivity (Wildman–Crippen MR) is 59.3 cm³/mol. The van der Waals surface area contributed by atoms with Crippen LogP contribution in [0.4, 0.5) is 9.18 Å². The molecule has 0 aromatic heterocycles. The van der Waals surface area contributed by atoms with Gasteiger partial charge in [0.1, 0.15) is 5.82 Å². The second kappa shape index (κ2) is 4.29. The molecular formula is C12H12FNO4. The molecule has 0 saturated carbocycles. The number of carboxylic acid groups (broad SMARTS) is 1. The van der Waals surface area contributed by atoms with Crippen molar-refractivity contribution in [3.8, 4) is 0 Å². The summed E-state index contributed by atoms with van der Waals surface area (Å²) in [6.07, 6.45) is -0.747. The number of ether oxygens (including phenoxy) is 1. The van der Waals surface area contributed by atoms with Crippen LogP contribution in [-0.2, 0) is 16.1 Å². The van der Waals surface area contributed by atoms with E-state index in [-0.39, 0.29) is 13.1 Å². The van der Waals surface area contributed by atoms with Crippen molar-refractivity contribution in [2.24, 2.45) is 0 Å². The number of hydrogen-bond donors (Lipinski definition) is 1. The van der Waals surface area contributed by atoms with Crippen molar-refractivity contribution in [1.29, 1.82) is 0 Å². The van der Waals surface area contributed by atoms with Crippen LogP contribution in [0.2, 0.25) is 0 Å². The lowest BCUT2D eigenvalue weighted by atomic mass is 10.1. The zero-order valence-electron chi connectivity index (χ0n) is 9.72. The highest BCUT2D eigenvalue weighted by Crippen LogP contribution is 2.24. The minimum atomic E-state index is -1.57. The molecule has 1 unspecified atom stereocenters. The smallest absolute Gasteiger partial charge is 0.411 e. The molecule has 1 atom stereocenters. The number of carboxylic acids is 1. The van der Waals surface area contributed by atoms with E-state index in [1.54, 1.807) is 18.2 Å². The maximum Gasteiger partial charge on any atom is 0.411 e. The summed E-state index contributed by atoms with van der Waals surface area (Å²) in [5, 5.41) is 8.95. The van der Waals surface area contributed by atoms with E-state index in [1.165, 1.54) is 17.9 Å². The number of cyclic esters (lactones) is 1. The first kappa shape index (κ1) is 12.3. The van der Waals surface area contributed by atoms with Gasteiger partial charge in [-0.3, -0.25) is 4.90 Å². The van der Waals surface area contributed by atoms with Gasteiger partial charge >= 0.3 is 12.1 Å². The Kier molecular flexibility index (Phi) is 2.94. The number of hydrogen-bond acceptors (Lipinski definition) is 3. The van der Waals surface area contributed by atoms with Crippen LogP contribution in [0.25, 0.3) is 0 Å². The Hall–Kier alpha value is -2.11. The number of amides is 1. The monoisotopic (exact) mass is 253 g/mol. The van der Waals surface area contributed by atoms with Crippen LogP contribution in [0.15, 0.2) is 24.3 Å². The average Bonchev–Trinajstić information content (AvgIpc) is 2.59. The fourth-order valence-corrected chi connectivity index (χ4v) is 1.78. The molecule has 2 rings (SSSR count). The molecule has 96 valence electrons. The maximum atomic E-state index is 13.4. The van der Waals surface area contributed by atoms with Crippen LogP contribution in [0.3, 0.4) is 0 Å². The van der Waals surface area contributed by atoms with E-state index in [0.717, 1.165) is 0 Å². The van der Waals surface area contributed by atoms with E-state index >= 15 is 0 Å². The Balaban J connectivity index is 2.15. The highest BCUT2D eigenvalue weighted by Gasteiger charge is 2.47. The normalized spacial score (nSPS) is 23.0. The molecule has 1 amide bonds. The number of benzene rings is 1. The highest BCUT2D eigenvalue weighted by molar-refractivity contribution is 5.84. The fourth-order valence-electron chi connectivity index (χ4n) is 1.78. The largest absolute Gasteiger partial charge is 0.478 e. The summed E-state index contributed by atoms with van der Waals surface area (Å²) in [4.78, 5) is 23.7. The van der Waals surface area contributed by atoms with Crippen molar-refractivity contribution in [2.75, 3.05) is 6.54 Å². The number of nitrogens with zero attached hydrogens (tertiary/aromatic N) is 1. The van der Waals surface area contributed by atoms with Crippen LogP contribution < -0.4 is 0 Å². The van der Waals surface area contributed by atoms with Gasteiger partial charge in [-0.15, -0.1) is 0 Å². The maximum absolute atomic E-state index is 13.4. The summed E-state index contributed by atoms with van der Waals surface area (Å²) in [5.41, 5.74) is -1.24. The van der Waals surface area contributed by atoms with Gasteiger partial charge in [0.25, 0.3) is 0 Å². The van der Waals surface area contributed by atoms with Crippen molar-refractivity contribution < 1.29 is 23.8 Å². The van der Waals surface area contributed by atoms with Crippen molar-refractivity contribution >= 4 is 12.1 Å². The van der Waals surface area contributed by atoms with E-state index in [4.69, 9.17) is 9.84 Å².